The van der Waals surface area contributed by atoms with Crippen LogP contribution in [0.1, 0.15) is 45.7 Å². The summed E-state index contributed by atoms with van der Waals surface area (Å²) in [5.41, 5.74) is -0.340. The Morgan fingerprint density at radius 3 is 2.76 bits per heavy atom. The molecule has 0 bridgehead atoms. The van der Waals surface area contributed by atoms with Gasteiger partial charge in [0.15, 0.2) is 6.67 Å². The zero-order valence-electron chi connectivity index (χ0n) is 19.2. The van der Waals surface area contributed by atoms with Gasteiger partial charge in [-0.25, -0.2) is 4.39 Å². The predicted octanol–water partition coefficient (Wildman–Crippen LogP) is 2.80. The Balaban J connectivity index is 1.60. The molecule has 1 amide bonds. The molecule has 0 aliphatic carbocycles. The van der Waals surface area contributed by atoms with Crippen LogP contribution in [-0.4, -0.2) is 52.6 Å². The monoisotopic (exact) mass is 471 g/mol. The molecule has 180 valence electrons. The predicted molar refractivity (Wildman–Crippen MR) is 119 cm³/mol. The molecular weight excluding hydrogens is 445 g/mol. The van der Waals surface area contributed by atoms with E-state index in [1.165, 1.54) is 6.92 Å². The number of pyridine rings is 1. The fourth-order valence-corrected chi connectivity index (χ4v) is 4.19. The minimum Gasteiger partial charge on any atom is -0.417 e. The lowest BCUT2D eigenvalue weighted by Gasteiger charge is -2.34. The number of oxime groups is 1. The summed E-state index contributed by atoms with van der Waals surface area (Å²) in [6.45, 7) is 3.82. The molecule has 0 radical (unpaired) electrons. The summed E-state index contributed by atoms with van der Waals surface area (Å²) in [4.78, 5) is 47.5. The highest BCUT2D eigenvalue weighted by Gasteiger charge is 2.57. The summed E-state index contributed by atoms with van der Waals surface area (Å²) in [7, 11) is 0. The van der Waals surface area contributed by atoms with Crippen LogP contribution < -0.4 is 5.32 Å². The number of hydrogen-bond donors (Lipinski definition) is 1. The van der Waals surface area contributed by atoms with Gasteiger partial charge in [-0.3, -0.25) is 19.4 Å². The van der Waals surface area contributed by atoms with Crippen molar-refractivity contribution in [1.82, 2.24) is 10.3 Å². The molecule has 2 aromatic rings. The molecule has 1 saturated heterocycles. The first-order valence-corrected chi connectivity index (χ1v) is 11.1. The lowest BCUT2D eigenvalue weighted by Crippen LogP contribution is -2.60. The van der Waals surface area contributed by atoms with Crippen LogP contribution in [0.25, 0.3) is 10.8 Å². The lowest BCUT2D eigenvalue weighted by atomic mass is 9.83. The third-order valence-corrected chi connectivity index (χ3v) is 6.27. The lowest BCUT2D eigenvalue weighted by molar-refractivity contribution is -0.225. The maximum Gasteiger partial charge on any atom is 0.311 e. The minimum absolute atomic E-state index is 0.0474. The largest absolute Gasteiger partial charge is 0.417 e. The van der Waals surface area contributed by atoms with Gasteiger partial charge in [0.05, 0.1) is 12.1 Å². The number of hydrogen-bond acceptors (Lipinski definition) is 8. The normalized spacial score (nSPS) is 26.2. The van der Waals surface area contributed by atoms with Crippen molar-refractivity contribution in [3.63, 3.8) is 0 Å². The van der Waals surface area contributed by atoms with E-state index >= 15 is 0 Å². The van der Waals surface area contributed by atoms with E-state index in [0.29, 0.717) is 11.4 Å². The highest BCUT2D eigenvalue weighted by molar-refractivity contribution is 6.11. The van der Waals surface area contributed by atoms with Gasteiger partial charge in [-0.1, -0.05) is 50.2 Å². The SMILES string of the molecule is CCC(=O)O[C@]1(CF)OC(=O)C[C@@H]1NC(=O)[C@]1(C(C)C)CC(c2nccc3ccccc23)=NO1. The van der Waals surface area contributed by atoms with E-state index in [1.54, 1.807) is 20.0 Å². The molecule has 9 nitrogen and oxygen atoms in total. The number of nitrogens with one attached hydrogen (secondary N) is 1. The van der Waals surface area contributed by atoms with Crippen molar-refractivity contribution < 1.29 is 33.1 Å². The van der Waals surface area contributed by atoms with Crippen molar-refractivity contribution in [2.75, 3.05) is 6.67 Å². The summed E-state index contributed by atoms with van der Waals surface area (Å²) >= 11 is 0. The zero-order chi connectivity index (χ0) is 24.5. The number of esters is 2. The molecule has 3 atom stereocenters. The number of halogens is 1. The second kappa shape index (κ2) is 9.00. The topological polar surface area (TPSA) is 116 Å². The van der Waals surface area contributed by atoms with Crippen LogP contribution in [0.2, 0.25) is 0 Å². The number of cyclic esters (lactones) is 1. The molecule has 2 aliphatic heterocycles. The first-order valence-electron chi connectivity index (χ1n) is 11.1. The molecule has 1 aromatic heterocycles. The third kappa shape index (κ3) is 3.97. The van der Waals surface area contributed by atoms with Crippen molar-refractivity contribution in [3.05, 3.63) is 42.2 Å². The second-order valence-electron chi connectivity index (χ2n) is 8.71. The smallest absolute Gasteiger partial charge is 0.311 e. The van der Waals surface area contributed by atoms with Crippen LogP contribution in [0, 0.1) is 5.92 Å². The van der Waals surface area contributed by atoms with Gasteiger partial charge in [-0.15, -0.1) is 0 Å². The average molecular weight is 471 g/mol. The van der Waals surface area contributed by atoms with Gasteiger partial charge in [0.1, 0.15) is 11.8 Å². The molecule has 1 aromatic carbocycles. The molecule has 0 spiro atoms. The Bertz CT molecular complexity index is 1160. The van der Waals surface area contributed by atoms with E-state index in [0.717, 1.165) is 10.8 Å². The summed E-state index contributed by atoms with van der Waals surface area (Å²) in [6, 6.07) is 8.32. The number of aromatic nitrogens is 1. The molecule has 0 saturated carbocycles. The highest BCUT2D eigenvalue weighted by Crippen LogP contribution is 2.37. The van der Waals surface area contributed by atoms with Crippen LogP contribution in [-0.2, 0) is 28.7 Å². The maximum absolute atomic E-state index is 14.0. The number of nitrogens with zero attached hydrogens (tertiary/aromatic N) is 2. The van der Waals surface area contributed by atoms with Crippen LogP contribution in [0.3, 0.4) is 0 Å². The standard InChI is InChI=1S/C24H26FN3O6/c1-4-19(29)32-24(13-25)18(11-20(30)33-24)27-22(31)23(14(2)3)12-17(28-34-23)21-16-8-6-5-7-15(16)9-10-26-21/h5-10,14,18H,4,11-13H2,1-3H3,(H,27,31)/t18-,23+,24+/m0/s1. The number of carbonyl (C=O) groups excluding carboxylic acids is 3. The number of carbonyl (C=O) groups is 3. The fraction of sp³-hybridized carbons (Fsp3) is 0.458. The highest BCUT2D eigenvalue weighted by atomic mass is 19.1. The van der Waals surface area contributed by atoms with Crippen LogP contribution >= 0.6 is 0 Å². The summed E-state index contributed by atoms with van der Waals surface area (Å²) < 4.78 is 24.2. The van der Waals surface area contributed by atoms with E-state index in [4.69, 9.17) is 14.3 Å². The van der Waals surface area contributed by atoms with Gasteiger partial charge in [0, 0.05) is 30.3 Å². The first-order chi connectivity index (χ1) is 16.2. The van der Waals surface area contributed by atoms with Crippen molar-refractivity contribution in [2.24, 2.45) is 11.1 Å². The Hall–Kier alpha value is -3.56. The van der Waals surface area contributed by atoms with Crippen LogP contribution in [0.5, 0.6) is 0 Å². The number of rotatable bonds is 7. The molecule has 4 rings (SSSR count). The van der Waals surface area contributed by atoms with E-state index in [-0.39, 0.29) is 25.2 Å². The minimum atomic E-state index is -2.21. The average Bonchev–Trinajstić information content (AvgIpc) is 3.41. The fourth-order valence-electron chi connectivity index (χ4n) is 4.19. The summed E-state index contributed by atoms with van der Waals surface area (Å²) in [5.74, 6) is -4.71. The van der Waals surface area contributed by atoms with E-state index in [2.05, 4.69) is 15.5 Å². The van der Waals surface area contributed by atoms with Gasteiger partial charge in [0.2, 0.25) is 5.60 Å². The van der Waals surface area contributed by atoms with E-state index < -0.39 is 42.0 Å². The second-order valence-corrected chi connectivity index (χ2v) is 8.71. The number of fused-ring (bicyclic) bond motifs is 1. The Morgan fingerprint density at radius 1 is 1.29 bits per heavy atom. The maximum atomic E-state index is 14.0. The van der Waals surface area contributed by atoms with Gasteiger partial charge in [0.25, 0.3) is 5.91 Å². The third-order valence-electron chi connectivity index (χ3n) is 6.27. The van der Waals surface area contributed by atoms with Gasteiger partial charge in [-0.05, 0) is 11.5 Å². The first kappa shape index (κ1) is 23.6. The van der Waals surface area contributed by atoms with E-state index in [1.807, 2.05) is 30.3 Å². The number of alkyl halides is 1. The molecule has 34 heavy (non-hydrogen) atoms. The summed E-state index contributed by atoms with van der Waals surface area (Å²) in [5, 5.41) is 8.66. The Kier molecular flexibility index (Phi) is 6.24. The molecular formula is C24H26FN3O6. The number of ether oxygens (including phenoxy) is 2. The van der Waals surface area contributed by atoms with Crippen molar-refractivity contribution in [1.29, 1.82) is 0 Å². The molecule has 1 N–H and O–H groups in total. The molecule has 2 aliphatic rings. The van der Waals surface area contributed by atoms with Crippen molar-refractivity contribution >= 4 is 34.3 Å². The summed E-state index contributed by atoms with van der Waals surface area (Å²) in [6.07, 6.45) is 1.37. The molecule has 1 fully saturated rings. The van der Waals surface area contributed by atoms with Crippen molar-refractivity contribution in [2.45, 2.75) is 57.5 Å². The Labute approximate surface area is 195 Å². The zero-order valence-corrected chi connectivity index (χ0v) is 19.2. The molecule has 10 heteroatoms. The Morgan fingerprint density at radius 2 is 2.06 bits per heavy atom. The number of amides is 1. The molecule has 3 heterocycles. The van der Waals surface area contributed by atoms with Gasteiger partial charge in [-0.2, -0.15) is 0 Å². The van der Waals surface area contributed by atoms with Crippen LogP contribution in [0.4, 0.5) is 4.39 Å². The van der Waals surface area contributed by atoms with Crippen LogP contribution in [0.15, 0.2) is 41.7 Å². The van der Waals surface area contributed by atoms with Gasteiger partial charge >= 0.3 is 17.7 Å². The van der Waals surface area contributed by atoms with Crippen molar-refractivity contribution in [3.8, 4) is 0 Å². The van der Waals surface area contributed by atoms with Gasteiger partial charge < -0.3 is 19.6 Å². The number of benzene rings is 1. The van der Waals surface area contributed by atoms with E-state index in [9.17, 15) is 18.8 Å². The quantitative estimate of drug-likeness (QED) is 0.617. The molecule has 0 unspecified atom stereocenters.